The second kappa shape index (κ2) is 14.8. The van der Waals surface area contributed by atoms with Gasteiger partial charge in [0.2, 0.25) is 10.0 Å². The highest BCUT2D eigenvalue weighted by molar-refractivity contribution is 7.98. The molecule has 3 rings (SSSR count). The van der Waals surface area contributed by atoms with E-state index in [0.29, 0.717) is 12.8 Å². The van der Waals surface area contributed by atoms with E-state index < -0.39 is 28.3 Å². The quantitative estimate of drug-likeness (QED) is 0.295. The first-order valence-corrected chi connectivity index (χ1v) is 15.0. The van der Waals surface area contributed by atoms with E-state index >= 15 is 0 Å². The average molecular weight is 543 g/mol. The van der Waals surface area contributed by atoms with Gasteiger partial charge in [0, 0.05) is 13.1 Å². The number of carbonyl (C=O) groups excluding carboxylic acids is 1. The van der Waals surface area contributed by atoms with Crippen LogP contribution >= 0.6 is 11.8 Å². The smallest absolute Gasteiger partial charge is 0.407 e. The van der Waals surface area contributed by atoms with Gasteiger partial charge in [-0.05, 0) is 48.1 Å². The summed E-state index contributed by atoms with van der Waals surface area (Å²) in [6.45, 7) is 0.178. The van der Waals surface area contributed by atoms with Gasteiger partial charge in [-0.15, -0.1) is 0 Å². The van der Waals surface area contributed by atoms with Crippen LogP contribution in [-0.2, 0) is 27.8 Å². The fourth-order valence-electron chi connectivity index (χ4n) is 3.84. The number of aliphatic hydroxyl groups excluding tert-OH is 1. The van der Waals surface area contributed by atoms with Gasteiger partial charge in [0.05, 0.1) is 17.0 Å². The molecule has 3 aromatic rings. The minimum absolute atomic E-state index is 0.0873. The Balaban J connectivity index is 1.76. The zero-order valence-electron chi connectivity index (χ0n) is 20.9. The molecule has 0 saturated carbocycles. The topological polar surface area (TPSA) is 95.9 Å². The molecule has 0 radical (unpaired) electrons. The molecule has 0 fully saturated rings. The Bertz CT molecular complexity index is 1180. The molecule has 37 heavy (non-hydrogen) atoms. The van der Waals surface area contributed by atoms with Crippen molar-refractivity contribution in [3.63, 3.8) is 0 Å². The van der Waals surface area contributed by atoms with E-state index in [0.717, 1.165) is 16.9 Å². The van der Waals surface area contributed by atoms with Crippen molar-refractivity contribution in [3.8, 4) is 0 Å². The lowest BCUT2D eigenvalue weighted by molar-refractivity contribution is 0.0889. The summed E-state index contributed by atoms with van der Waals surface area (Å²) in [6.07, 6.45) is 1.06. The van der Waals surface area contributed by atoms with Gasteiger partial charge in [-0.3, -0.25) is 0 Å². The lowest BCUT2D eigenvalue weighted by Crippen LogP contribution is -2.50. The van der Waals surface area contributed by atoms with Crippen LogP contribution in [0.15, 0.2) is 95.9 Å². The summed E-state index contributed by atoms with van der Waals surface area (Å²) in [5.74, 6) is 0.786. The number of rotatable bonds is 14. The summed E-state index contributed by atoms with van der Waals surface area (Å²) < 4.78 is 33.5. The van der Waals surface area contributed by atoms with Crippen LogP contribution in [0.25, 0.3) is 0 Å². The van der Waals surface area contributed by atoms with Crippen molar-refractivity contribution in [1.29, 1.82) is 0 Å². The first kappa shape index (κ1) is 28.7. The highest BCUT2D eigenvalue weighted by Gasteiger charge is 2.30. The number of alkyl carbamates (subject to hydrolysis) is 1. The van der Waals surface area contributed by atoms with Crippen LogP contribution in [0.1, 0.15) is 17.5 Å². The van der Waals surface area contributed by atoms with E-state index in [1.807, 2.05) is 66.9 Å². The van der Waals surface area contributed by atoms with Crippen molar-refractivity contribution in [2.45, 2.75) is 36.5 Å². The van der Waals surface area contributed by atoms with Crippen LogP contribution in [0.2, 0.25) is 0 Å². The van der Waals surface area contributed by atoms with Gasteiger partial charge < -0.3 is 15.2 Å². The van der Waals surface area contributed by atoms with Crippen molar-refractivity contribution in [2.75, 3.05) is 25.1 Å². The van der Waals surface area contributed by atoms with Crippen LogP contribution in [0, 0.1) is 0 Å². The second-order valence-corrected chi connectivity index (χ2v) is 11.5. The van der Waals surface area contributed by atoms with E-state index in [1.54, 1.807) is 42.1 Å². The lowest BCUT2D eigenvalue weighted by atomic mass is 10.0. The third kappa shape index (κ3) is 9.19. The third-order valence-corrected chi connectivity index (χ3v) is 8.38. The van der Waals surface area contributed by atoms with Gasteiger partial charge >= 0.3 is 6.09 Å². The average Bonchev–Trinajstić information content (AvgIpc) is 2.92. The molecule has 0 bridgehead atoms. The standard InChI is InChI=1S/C28H34N2O5S2/c1-36-19-11-18-30(37(33,34)25-16-9-4-10-17-25)21-27(31)26(20-23-12-5-2-6-13-23)29-28(32)35-22-24-14-7-3-8-15-24/h2-10,12-17,26-27,31H,11,18-22H2,1H3,(H,29,32)/t26-,27+/m0/s1. The summed E-state index contributed by atoms with van der Waals surface area (Å²) in [7, 11) is -3.84. The van der Waals surface area contributed by atoms with E-state index in [1.165, 1.54) is 4.31 Å². The molecule has 0 saturated heterocycles. The lowest BCUT2D eigenvalue weighted by Gasteiger charge is -2.29. The molecule has 2 N–H and O–H groups in total. The Morgan fingerprint density at radius 1 is 0.946 bits per heavy atom. The molecule has 2 atom stereocenters. The maximum atomic E-state index is 13.4. The van der Waals surface area contributed by atoms with Gasteiger partial charge in [0.15, 0.2) is 0 Å². The number of aliphatic hydroxyl groups is 1. The number of ether oxygens (including phenoxy) is 1. The highest BCUT2D eigenvalue weighted by atomic mass is 32.2. The largest absolute Gasteiger partial charge is 0.445 e. The van der Waals surface area contributed by atoms with Gasteiger partial charge in [0.25, 0.3) is 0 Å². The molecule has 3 aromatic carbocycles. The molecule has 0 aromatic heterocycles. The van der Waals surface area contributed by atoms with Gasteiger partial charge in [0.1, 0.15) is 6.61 Å². The molecule has 1 amide bonds. The summed E-state index contributed by atoms with van der Waals surface area (Å²) in [4.78, 5) is 12.8. The second-order valence-electron chi connectivity index (χ2n) is 8.59. The Morgan fingerprint density at radius 2 is 1.51 bits per heavy atom. The number of benzene rings is 3. The minimum atomic E-state index is -3.84. The number of sulfonamides is 1. The van der Waals surface area contributed by atoms with Crippen LogP contribution in [0.3, 0.4) is 0 Å². The number of nitrogens with zero attached hydrogens (tertiary/aromatic N) is 1. The number of nitrogens with one attached hydrogen (secondary N) is 1. The number of hydrogen-bond donors (Lipinski definition) is 2. The molecule has 198 valence electrons. The Morgan fingerprint density at radius 3 is 2.11 bits per heavy atom. The summed E-state index contributed by atoms with van der Waals surface area (Å²) in [5.41, 5.74) is 1.74. The fraction of sp³-hybridized carbons (Fsp3) is 0.321. The predicted molar refractivity (Wildman–Crippen MR) is 148 cm³/mol. The molecule has 0 unspecified atom stereocenters. The minimum Gasteiger partial charge on any atom is -0.445 e. The van der Waals surface area contributed by atoms with E-state index in [9.17, 15) is 18.3 Å². The molecule has 0 aliphatic heterocycles. The molecular formula is C28H34N2O5S2. The fourth-order valence-corrected chi connectivity index (χ4v) is 5.78. The van der Waals surface area contributed by atoms with Crippen LogP contribution in [0.4, 0.5) is 4.79 Å². The van der Waals surface area contributed by atoms with Gasteiger partial charge in [-0.25, -0.2) is 13.2 Å². The maximum absolute atomic E-state index is 13.4. The zero-order valence-corrected chi connectivity index (χ0v) is 22.5. The molecule has 0 aliphatic rings. The van der Waals surface area contributed by atoms with Crippen LogP contribution < -0.4 is 5.32 Å². The van der Waals surface area contributed by atoms with Crippen LogP contribution in [0.5, 0.6) is 0 Å². The van der Waals surface area contributed by atoms with E-state index in [4.69, 9.17) is 4.74 Å². The number of amides is 1. The molecule has 7 nitrogen and oxygen atoms in total. The normalized spacial score (nSPS) is 13.2. The number of carbonyl (C=O) groups is 1. The summed E-state index contributed by atoms with van der Waals surface area (Å²) >= 11 is 1.63. The monoisotopic (exact) mass is 542 g/mol. The van der Waals surface area contributed by atoms with Crippen molar-refractivity contribution in [2.24, 2.45) is 0 Å². The first-order chi connectivity index (χ1) is 17.9. The predicted octanol–water partition coefficient (Wildman–Crippen LogP) is 4.33. The van der Waals surface area contributed by atoms with Gasteiger partial charge in [-0.1, -0.05) is 78.9 Å². The molecular weight excluding hydrogens is 508 g/mol. The number of thioether (sulfide) groups is 1. The molecule has 9 heteroatoms. The Labute approximate surface area is 223 Å². The SMILES string of the molecule is CSCCCN(C[C@@H](O)[C@H](Cc1ccccc1)NC(=O)OCc1ccccc1)S(=O)(=O)c1ccccc1. The van der Waals surface area contributed by atoms with Crippen molar-refractivity contribution in [1.82, 2.24) is 9.62 Å². The highest BCUT2D eigenvalue weighted by Crippen LogP contribution is 2.18. The van der Waals surface area contributed by atoms with E-state index in [2.05, 4.69) is 5.32 Å². The Hall–Kier alpha value is -2.85. The zero-order chi connectivity index (χ0) is 26.5. The molecule has 0 heterocycles. The van der Waals surface area contributed by atoms with Crippen molar-refractivity contribution < 1.29 is 23.1 Å². The van der Waals surface area contributed by atoms with E-state index in [-0.39, 0.29) is 24.6 Å². The number of hydrogen-bond acceptors (Lipinski definition) is 6. The van der Waals surface area contributed by atoms with Crippen LogP contribution in [-0.4, -0.2) is 61.2 Å². The molecule has 0 spiro atoms. The van der Waals surface area contributed by atoms with Gasteiger partial charge in [-0.2, -0.15) is 16.1 Å². The maximum Gasteiger partial charge on any atom is 0.407 e. The first-order valence-electron chi connectivity index (χ1n) is 12.1. The van der Waals surface area contributed by atoms with Crippen molar-refractivity contribution in [3.05, 3.63) is 102 Å². The molecule has 0 aliphatic carbocycles. The van der Waals surface area contributed by atoms with Crippen molar-refractivity contribution >= 4 is 27.9 Å². The third-order valence-electron chi connectivity index (χ3n) is 5.81. The Kier molecular flexibility index (Phi) is 11.5. The summed E-state index contributed by atoms with van der Waals surface area (Å²) in [6, 6.07) is 26.2. The summed E-state index contributed by atoms with van der Waals surface area (Å²) in [5, 5.41) is 14.0.